The summed E-state index contributed by atoms with van der Waals surface area (Å²) in [5.41, 5.74) is 0.627. The van der Waals surface area contributed by atoms with Crippen LogP contribution >= 0.6 is 0 Å². The maximum absolute atomic E-state index is 13.8. The van der Waals surface area contributed by atoms with Crippen LogP contribution in [-0.2, 0) is 0 Å². The largest absolute Gasteiger partial charge is 0.313 e. The van der Waals surface area contributed by atoms with Crippen molar-refractivity contribution >= 4 is 0 Å². The lowest BCUT2D eigenvalue weighted by Crippen LogP contribution is -2.13. The Balaban J connectivity index is 2.68. The van der Waals surface area contributed by atoms with Crippen LogP contribution in [0.3, 0.4) is 0 Å². The van der Waals surface area contributed by atoms with E-state index in [1.165, 1.54) is 12.1 Å². The third-order valence-corrected chi connectivity index (χ3v) is 3.21. The quantitative estimate of drug-likeness (QED) is 0.658. The summed E-state index contributed by atoms with van der Waals surface area (Å²) in [6.07, 6.45) is 0. The molecular formula is C15H13F4N. The molecule has 0 heterocycles. The van der Waals surface area contributed by atoms with E-state index >= 15 is 0 Å². The molecule has 106 valence electrons. The molecule has 2 aromatic carbocycles. The molecule has 5 heteroatoms. The molecule has 2 aromatic rings. The maximum atomic E-state index is 13.8. The standard InChI is InChI=1S/C15H13F4N/c1-8(20-2)10-4-3-9(16)5-11(10)12-6-14(18)15(19)7-13(12)17/h3-8,20H,1-2H3. The zero-order chi connectivity index (χ0) is 14.9. The van der Waals surface area contributed by atoms with Crippen molar-refractivity contribution in [3.8, 4) is 11.1 Å². The first-order valence-corrected chi connectivity index (χ1v) is 6.05. The number of hydrogen-bond donors (Lipinski definition) is 1. The molecule has 0 fully saturated rings. The van der Waals surface area contributed by atoms with Crippen molar-refractivity contribution in [2.75, 3.05) is 7.05 Å². The van der Waals surface area contributed by atoms with E-state index in [2.05, 4.69) is 5.32 Å². The van der Waals surface area contributed by atoms with Crippen LogP contribution in [-0.4, -0.2) is 7.05 Å². The second-order valence-corrected chi connectivity index (χ2v) is 4.49. The maximum Gasteiger partial charge on any atom is 0.161 e. The minimum atomic E-state index is -1.27. The van der Waals surface area contributed by atoms with Crippen LogP contribution in [0.2, 0.25) is 0 Å². The predicted molar refractivity (Wildman–Crippen MR) is 69.2 cm³/mol. The van der Waals surface area contributed by atoms with Crippen LogP contribution in [0.1, 0.15) is 18.5 Å². The number of rotatable bonds is 3. The molecule has 1 nitrogen and oxygen atoms in total. The van der Waals surface area contributed by atoms with Gasteiger partial charge in [-0.3, -0.25) is 0 Å². The molecule has 0 bridgehead atoms. The van der Waals surface area contributed by atoms with Crippen LogP contribution in [0.4, 0.5) is 17.6 Å². The molecule has 0 amide bonds. The smallest absolute Gasteiger partial charge is 0.161 e. The lowest BCUT2D eigenvalue weighted by atomic mass is 9.95. The fraction of sp³-hybridized carbons (Fsp3) is 0.200. The molecule has 1 N–H and O–H groups in total. The first kappa shape index (κ1) is 14.5. The van der Waals surface area contributed by atoms with Gasteiger partial charge in [-0.15, -0.1) is 0 Å². The summed E-state index contributed by atoms with van der Waals surface area (Å²) in [5.74, 6) is -3.95. The molecule has 20 heavy (non-hydrogen) atoms. The van der Waals surface area contributed by atoms with Crippen molar-refractivity contribution in [1.82, 2.24) is 5.32 Å². The van der Waals surface area contributed by atoms with Gasteiger partial charge in [0.1, 0.15) is 11.6 Å². The second-order valence-electron chi connectivity index (χ2n) is 4.49. The summed E-state index contributed by atoms with van der Waals surface area (Å²) in [7, 11) is 1.69. The fourth-order valence-electron chi connectivity index (χ4n) is 2.02. The Kier molecular flexibility index (Phi) is 4.09. The van der Waals surface area contributed by atoms with Crippen molar-refractivity contribution in [2.24, 2.45) is 0 Å². The normalized spacial score (nSPS) is 12.5. The van der Waals surface area contributed by atoms with E-state index in [4.69, 9.17) is 0 Å². The second kappa shape index (κ2) is 5.63. The number of hydrogen-bond acceptors (Lipinski definition) is 1. The summed E-state index contributed by atoms with van der Waals surface area (Å²) in [6, 6.07) is 4.85. The third kappa shape index (κ3) is 2.67. The van der Waals surface area contributed by atoms with E-state index in [-0.39, 0.29) is 17.2 Å². The molecule has 1 unspecified atom stereocenters. The van der Waals surface area contributed by atoms with Gasteiger partial charge in [0, 0.05) is 17.7 Å². The zero-order valence-corrected chi connectivity index (χ0v) is 11.0. The topological polar surface area (TPSA) is 12.0 Å². The highest BCUT2D eigenvalue weighted by Crippen LogP contribution is 2.32. The highest BCUT2D eigenvalue weighted by Gasteiger charge is 2.17. The Labute approximate surface area is 114 Å². The predicted octanol–water partition coefficient (Wildman–Crippen LogP) is 4.19. The Morgan fingerprint density at radius 1 is 0.850 bits per heavy atom. The monoisotopic (exact) mass is 283 g/mol. The van der Waals surface area contributed by atoms with Crippen LogP contribution in [0.15, 0.2) is 30.3 Å². The van der Waals surface area contributed by atoms with Gasteiger partial charge < -0.3 is 5.32 Å². The summed E-state index contributed by atoms with van der Waals surface area (Å²) in [6.45, 7) is 1.80. The molecule has 0 saturated heterocycles. The van der Waals surface area contributed by atoms with E-state index in [1.807, 2.05) is 0 Å². The highest BCUT2D eigenvalue weighted by atomic mass is 19.2. The van der Waals surface area contributed by atoms with Crippen molar-refractivity contribution in [3.63, 3.8) is 0 Å². The Hall–Kier alpha value is -1.88. The van der Waals surface area contributed by atoms with E-state index in [9.17, 15) is 17.6 Å². The average molecular weight is 283 g/mol. The summed E-state index contributed by atoms with van der Waals surface area (Å²) in [4.78, 5) is 0. The van der Waals surface area contributed by atoms with Gasteiger partial charge in [-0.1, -0.05) is 6.07 Å². The molecule has 0 saturated carbocycles. The SMILES string of the molecule is CNC(C)c1ccc(F)cc1-c1cc(F)c(F)cc1F. The van der Waals surface area contributed by atoms with Gasteiger partial charge >= 0.3 is 0 Å². The fourth-order valence-corrected chi connectivity index (χ4v) is 2.02. The van der Waals surface area contributed by atoms with Crippen molar-refractivity contribution < 1.29 is 17.6 Å². The minimum Gasteiger partial charge on any atom is -0.313 e. The Morgan fingerprint density at radius 2 is 1.50 bits per heavy atom. The van der Waals surface area contributed by atoms with Gasteiger partial charge in [0.05, 0.1) is 0 Å². The summed E-state index contributed by atoms with van der Waals surface area (Å²) >= 11 is 0. The van der Waals surface area contributed by atoms with E-state index in [0.29, 0.717) is 11.6 Å². The number of halogens is 4. The molecule has 0 aliphatic heterocycles. The first-order chi connectivity index (χ1) is 9.43. The molecule has 1 atom stereocenters. The van der Waals surface area contributed by atoms with E-state index in [1.54, 1.807) is 14.0 Å². The van der Waals surface area contributed by atoms with E-state index in [0.717, 1.165) is 12.1 Å². The first-order valence-electron chi connectivity index (χ1n) is 6.05. The molecule has 0 radical (unpaired) electrons. The third-order valence-electron chi connectivity index (χ3n) is 3.21. The molecule has 2 rings (SSSR count). The molecule has 0 spiro atoms. The van der Waals surface area contributed by atoms with Crippen molar-refractivity contribution in [1.29, 1.82) is 0 Å². The average Bonchev–Trinajstić information content (AvgIpc) is 2.42. The highest BCUT2D eigenvalue weighted by molar-refractivity contribution is 5.69. The zero-order valence-electron chi connectivity index (χ0n) is 11.0. The van der Waals surface area contributed by atoms with Crippen molar-refractivity contribution in [3.05, 3.63) is 59.2 Å². The molecule has 0 aromatic heterocycles. The Morgan fingerprint density at radius 3 is 2.15 bits per heavy atom. The van der Waals surface area contributed by atoms with Crippen LogP contribution < -0.4 is 5.32 Å². The molecule has 0 aliphatic carbocycles. The van der Waals surface area contributed by atoms with Gasteiger partial charge in [-0.05, 0) is 43.3 Å². The summed E-state index contributed by atoms with van der Waals surface area (Å²) < 4.78 is 53.5. The van der Waals surface area contributed by atoms with Gasteiger partial charge in [0.2, 0.25) is 0 Å². The van der Waals surface area contributed by atoms with Gasteiger partial charge in [0.25, 0.3) is 0 Å². The van der Waals surface area contributed by atoms with Crippen LogP contribution in [0, 0.1) is 23.3 Å². The van der Waals surface area contributed by atoms with E-state index < -0.39 is 23.3 Å². The Bertz CT molecular complexity index is 640. The van der Waals surface area contributed by atoms with Gasteiger partial charge in [-0.25, -0.2) is 17.6 Å². The number of nitrogens with one attached hydrogen (secondary N) is 1. The molecule has 0 aliphatic rings. The van der Waals surface area contributed by atoms with Gasteiger partial charge in [-0.2, -0.15) is 0 Å². The number of benzene rings is 2. The van der Waals surface area contributed by atoms with Crippen molar-refractivity contribution in [2.45, 2.75) is 13.0 Å². The van der Waals surface area contributed by atoms with Crippen LogP contribution in [0.5, 0.6) is 0 Å². The van der Waals surface area contributed by atoms with Gasteiger partial charge in [0.15, 0.2) is 11.6 Å². The molecular weight excluding hydrogens is 270 g/mol. The lowest BCUT2D eigenvalue weighted by molar-refractivity contribution is 0.496. The minimum absolute atomic E-state index is 0.166. The summed E-state index contributed by atoms with van der Waals surface area (Å²) in [5, 5.41) is 2.94. The van der Waals surface area contributed by atoms with Crippen LogP contribution in [0.25, 0.3) is 11.1 Å². The lowest BCUT2D eigenvalue weighted by Gasteiger charge is -2.17.